The Bertz CT molecular complexity index is 1960. The van der Waals surface area contributed by atoms with Gasteiger partial charge in [-0.25, -0.2) is 4.98 Å². The van der Waals surface area contributed by atoms with Crippen molar-refractivity contribution in [1.29, 1.82) is 5.26 Å². The molecule has 5 fully saturated rings. The third-order valence-electron chi connectivity index (χ3n) is 12.9. The van der Waals surface area contributed by atoms with Crippen molar-refractivity contribution in [3.8, 4) is 6.07 Å². The Labute approximate surface area is 334 Å². The van der Waals surface area contributed by atoms with E-state index < -0.39 is 6.04 Å². The largest absolute Gasteiger partial charge is 0.374 e. The topological polar surface area (TPSA) is 128 Å². The number of carbonyl (C=O) groups is 3. The highest BCUT2D eigenvalue weighted by Crippen LogP contribution is 2.46. The molecule has 2 atom stereocenters. The van der Waals surface area contributed by atoms with Crippen molar-refractivity contribution in [2.75, 3.05) is 85.5 Å². The van der Waals surface area contributed by atoms with Crippen LogP contribution >= 0.6 is 11.6 Å². The number of anilines is 4. The molecule has 5 aliphatic heterocycles. The minimum atomic E-state index is -0.393. The van der Waals surface area contributed by atoms with Crippen LogP contribution in [0.25, 0.3) is 0 Å². The molecule has 3 aromatic rings. The molecule has 0 unspecified atom stereocenters. The van der Waals surface area contributed by atoms with Gasteiger partial charge in [-0.3, -0.25) is 24.6 Å². The first-order chi connectivity index (χ1) is 27.1. The maximum atomic E-state index is 13.5. The summed E-state index contributed by atoms with van der Waals surface area (Å²) in [5, 5.41) is 15.5. The zero-order valence-corrected chi connectivity index (χ0v) is 33.0. The van der Waals surface area contributed by atoms with E-state index >= 15 is 0 Å². The van der Waals surface area contributed by atoms with Gasteiger partial charge in [0.15, 0.2) is 0 Å². The number of halogens is 1. The standard InChI is InChI=1S/C43H52ClN9O3/c1-30-25-43(29-53(30)35-6-5-32(26-45)37(44)24-35)13-17-50(18-14-43)36-7-8-39(46-27-36)42(56)52-15-11-31(12-16-52)28-49-19-21-51(22-20-49)34-4-2-3-33(23-34)47-38-9-10-40(54)48-41(38)55/h2-8,23-24,27,30-31,38,47H,9-22,25,28-29H2,1H3,(H,48,54,55)/t30-,38-/m1/s1. The molecular weight excluding hydrogens is 726 g/mol. The van der Waals surface area contributed by atoms with Gasteiger partial charge < -0.3 is 24.9 Å². The van der Waals surface area contributed by atoms with Crippen LogP contribution in [0.15, 0.2) is 60.8 Å². The number of imide groups is 1. The molecule has 5 saturated heterocycles. The van der Waals surface area contributed by atoms with Crippen molar-refractivity contribution >= 4 is 52.1 Å². The van der Waals surface area contributed by atoms with E-state index in [1.807, 2.05) is 47.5 Å². The molecule has 5 aliphatic rings. The second-order valence-electron chi connectivity index (χ2n) is 16.6. The van der Waals surface area contributed by atoms with Gasteiger partial charge in [0, 0.05) is 95.0 Å². The molecule has 8 rings (SSSR count). The number of carbonyl (C=O) groups excluding carboxylic acids is 3. The van der Waals surface area contributed by atoms with Crippen LogP contribution in [-0.4, -0.2) is 110 Å². The van der Waals surface area contributed by atoms with Crippen LogP contribution in [0.1, 0.15) is 67.9 Å². The minimum absolute atomic E-state index is 0.0264. The fraction of sp³-hybridized carbons (Fsp3) is 0.512. The van der Waals surface area contributed by atoms with E-state index in [1.54, 1.807) is 0 Å². The van der Waals surface area contributed by atoms with Gasteiger partial charge in [-0.2, -0.15) is 5.26 Å². The molecule has 3 amide bonds. The van der Waals surface area contributed by atoms with E-state index in [4.69, 9.17) is 11.6 Å². The molecule has 6 heterocycles. The van der Waals surface area contributed by atoms with Gasteiger partial charge in [0.25, 0.3) is 5.91 Å². The van der Waals surface area contributed by atoms with E-state index in [9.17, 15) is 19.6 Å². The molecule has 294 valence electrons. The first-order valence-electron chi connectivity index (χ1n) is 20.3. The average molecular weight is 778 g/mol. The van der Waals surface area contributed by atoms with E-state index in [-0.39, 0.29) is 23.1 Å². The zero-order chi connectivity index (χ0) is 38.8. The Morgan fingerprint density at radius 3 is 2.38 bits per heavy atom. The number of aromatic nitrogens is 1. The summed E-state index contributed by atoms with van der Waals surface area (Å²) < 4.78 is 0. The van der Waals surface area contributed by atoms with Crippen LogP contribution in [0.2, 0.25) is 5.02 Å². The molecule has 2 N–H and O–H groups in total. The summed E-state index contributed by atoms with van der Waals surface area (Å²) in [5.41, 5.74) is 5.49. The van der Waals surface area contributed by atoms with Crippen molar-refractivity contribution < 1.29 is 14.4 Å². The number of nitrogens with one attached hydrogen (secondary N) is 2. The molecular formula is C43H52ClN9O3. The lowest BCUT2D eigenvalue weighted by molar-refractivity contribution is -0.133. The lowest BCUT2D eigenvalue weighted by atomic mass is 9.76. The highest BCUT2D eigenvalue weighted by atomic mass is 35.5. The molecule has 0 saturated carbocycles. The Hall–Kier alpha value is -4.86. The minimum Gasteiger partial charge on any atom is -0.374 e. The number of hydrogen-bond acceptors (Lipinski definition) is 10. The van der Waals surface area contributed by atoms with Crippen LogP contribution in [0.4, 0.5) is 22.7 Å². The van der Waals surface area contributed by atoms with Crippen molar-refractivity contribution in [3.63, 3.8) is 0 Å². The van der Waals surface area contributed by atoms with Gasteiger partial charge in [0.2, 0.25) is 11.8 Å². The Morgan fingerprint density at radius 1 is 0.929 bits per heavy atom. The van der Waals surface area contributed by atoms with Gasteiger partial charge in [-0.1, -0.05) is 17.7 Å². The second kappa shape index (κ2) is 16.3. The number of amides is 3. The summed E-state index contributed by atoms with van der Waals surface area (Å²) in [6.07, 6.45) is 8.08. The van der Waals surface area contributed by atoms with E-state index in [2.05, 4.69) is 66.4 Å². The quantitative estimate of drug-likeness (QED) is 0.288. The number of nitriles is 1. The summed E-state index contributed by atoms with van der Waals surface area (Å²) in [6, 6.07) is 20.1. The average Bonchev–Trinajstić information content (AvgIpc) is 3.54. The van der Waals surface area contributed by atoms with E-state index in [1.165, 1.54) is 0 Å². The lowest BCUT2D eigenvalue weighted by Crippen LogP contribution is -2.49. The molecule has 1 aromatic heterocycles. The molecule has 0 radical (unpaired) electrons. The predicted molar refractivity (Wildman–Crippen MR) is 219 cm³/mol. The number of benzene rings is 2. The Kier molecular flexibility index (Phi) is 11.1. The number of likely N-dealkylation sites (tertiary alicyclic amines) is 1. The molecule has 0 aliphatic carbocycles. The van der Waals surface area contributed by atoms with Crippen LogP contribution in [0.5, 0.6) is 0 Å². The molecule has 12 nitrogen and oxygen atoms in total. The normalized spacial score (nSPS) is 23.3. The van der Waals surface area contributed by atoms with Crippen molar-refractivity contribution in [3.05, 3.63) is 77.1 Å². The zero-order valence-electron chi connectivity index (χ0n) is 32.3. The van der Waals surface area contributed by atoms with E-state index in [0.29, 0.717) is 41.1 Å². The van der Waals surface area contributed by atoms with Gasteiger partial charge in [-0.15, -0.1) is 0 Å². The van der Waals surface area contributed by atoms with Crippen molar-refractivity contribution in [2.24, 2.45) is 11.3 Å². The summed E-state index contributed by atoms with van der Waals surface area (Å²) in [4.78, 5) is 53.7. The highest BCUT2D eigenvalue weighted by Gasteiger charge is 2.44. The number of piperidine rings is 3. The van der Waals surface area contributed by atoms with Crippen LogP contribution in [0, 0.1) is 22.7 Å². The predicted octanol–water partition coefficient (Wildman–Crippen LogP) is 5.38. The lowest BCUT2D eigenvalue weighted by Gasteiger charge is -2.40. The molecule has 1 spiro atoms. The number of rotatable bonds is 8. The summed E-state index contributed by atoms with van der Waals surface area (Å²) >= 11 is 6.38. The molecule has 2 aromatic carbocycles. The number of piperazine rings is 1. The maximum Gasteiger partial charge on any atom is 0.272 e. The monoisotopic (exact) mass is 777 g/mol. The van der Waals surface area contributed by atoms with E-state index in [0.717, 1.165) is 120 Å². The molecule has 0 bridgehead atoms. The molecule has 56 heavy (non-hydrogen) atoms. The molecule has 13 heteroatoms. The third kappa shape index (κ3) is 8.30. The number of nitrogens with zero attached hydrogens (tertiary/aromatic N) is 7. The van der Waals surface area contributed by atoms with Gasteiger partial charge >= 0.3 is 0 Å². The summed E-state index contributed by atoms with van der Waals surface area (Å²) in [5.74, 6) is 0.131. The third-order valence-corrected chi connectivity index (χ3v) is 13.2. The first kappa shape index (κ1) is 38.0. The van der Waals surface area contributed by atoms with Gasteiger partial charge in [0.05, 0.1) is 22.5 Å². The van der Waals surface area contributed by atoms with Crippen LogP contribution in [0.3, 0.4) is 0 Å². The fourth-order valence-corrected chi connectivity index (χ4v) is 9.82. The fourth-order valence-electron chi connectivity index (χ4n) is 9.60. The second-order valence-corrected chi connectivity index (χ2v) is 17.0. The number of hydrogen-bond donors (Lipinski definition) is 2. The summed E-state index contributed by atoms with van der Waals surface area (Å²) in [7, 11) is 0. The van der Waals surface area contributed by atoms with Gasteiger partial charge in [-0.05, 0) is 105 Å². The Balaban J connectivity index is 0.762. The van der Waals surface area contributed by atoms with Gasteiger partial charge in [0.1, 0.15) is 17.8 Å². The number of pyridine rings is 1. The van der Waals surface area contributed by atoms with Crippen molar-refractivity contribution in [1.82, 2.24) is 20.1 Å². The van der Waals surface area contributed by atoms with Crippen LogP contribution < -0.4 is 25.3 Å². The summed E-state index contributed by atoms with van der Waals surface area (Å²) in [6.45, 7) is 11.6. The van der Waals surface area contributed by atoms with Crippen molar-refractivity contribution in [2.45, 2.75) is 64.0 Å². The highest BCUT2D eigenvalue weighted by molar-refractivity contribution is 6.32. The Morgan fingerprint density at radius 2 is 1.68 bits per heavy atom. The first-order valence-corrected chi connectivity index (χ1v) is 20.7. The van der Waals surface area contributed by atoms with Crippen LogP contribution in [-0.2, 0) is 9.59 Å². The maximum absolute atomic E-state index is 13.5. The SMILES string of the molecule is C[C@@H]1CC2(CCN(c3ccc(C(=O)N4CCC(CN5CCN(c6cccc(N[C@@H]7CCC(=O)NC7=O)c6)CC5)CC4)nc3)CC2)CN1c1ccc(C#N)c(Cl)c1. The smallest absolute Gasteiger partial charge is 0.272 e.